The van der Waals surface area contributed by atoms with Crippen molar-refractivity contribution in [2.24, 2.45) is 11.8 Å². The van der Waals surface area contributed by atoms with Crippen LogP contribution in [0.3, 0.4) is 0 Å². The molecule has 1 atom stereocenters. The van der Waals surface area contributed by atoms with E-state index >= 15 is 0 Å². The van der Waals surface area contributed by atoms with Crippen LogP contribution in [-0.2, 0) is 0 Å². The van der Waals surface area contributed by atoms with E-state index in [-0.39, 0.29) is 0 Å². The first kappa shape index (κ1) is 12.0. The van der Waals surface area contributed by atoms with Gasteiger partial charge < -0.3 is 10.2 Å². The molecule has 0 amide bonds. The summed E-state index contributed by atoms with van der Waals surface area (Å²) in [5, 5.41) is 3.59. The molecule has 0 saturated heterocycles. The second-order valence-electron chi connectivity index (χ2n) is 5.40. The summed E-state index contributed by atoms with van der Waals surface area (Å²) in [6.07, 6.45) is 2.79. The van der Waals surface area contributed by atoms with Crippen molar-refractivity contribution < 1.29 is 0 Å². The molecule has 84 valence electrons. The molecule has 1 aliphatic carbocycles. The van der Waals surface area contributed by atoms with E-state index in [9.17, 15) is 0 Å². The molecule has 1 unspecified atom stereocenters. The van der Waals surface area contributed by atoms with E-state index in [0.717, 1.165) is 17.9 Å². The molecule has 0 aromatic heterocycles. The predicted molar refractivity (Wildman–Crippen MR) is 62.5 cm³/mol. The van der Waals surface area contributed by atoms with Gasteiger partial charge in [-0.05, 0) is 38.3 Å². The Morgan fingerprint density at radius 2 is 1.86 bits per heavy atom. The molecule has 2 heteroatoms. The van der Waals surface area contributed by atoms with Crippen molar-refractivity contribution in [3.05, 3.63) is 0 Å². The van der Waals surface area contributed by atoms with E-state index < -0.39 is 0 Å². The zero-order chi connectivity index (χ0) is 10.6. The van der Waals surface area contributed by atoms with E-state index in [0.29, 0.717) is 0 Å². The monoisotopic (exact) mass is 198 g/mol. The van der Waals surface area contributed by atoms with E-state index in [4.69, 9.17) is 0 Å². The van der Waals surface area contributed by atoms with Crippen molar-refractivity contribution in [3.8, 4) is 0 Å². The fraction of sp³-hybridized carbons (Fsp3) is 1.00. The molecule has 0 heterocycles. The lowest BCUT2D eigenvalue weighted by Gasteiger charge is -2.23. The van der Waals surface area contributed by atoms with Gasteiger partial charge in [0.05, 0.1) is 0 Å². The zero-order valence-electron chi connectivity index (χ0n) is 10.2. The third-order valence-electron chi connectivity index (χ3n) is 2.63. The van der Waals surface area contributed by atoms with Crippen molar-refractivity contribution in [2.45, 2.75) is 39.7 Å². The lowest BCUT2D eigenvalue weighted by Crippen LogP contribution is -2.33. The third-order valence-corrected chi connectivity index (χ3v) is 2.63. The highest BCUT2D eigenvalue weighted by Crippen LogP contribution is 2.18. The van der Waals surface area contributed by atoms with Crippen LogP contribution in [0.1, 0.15) is 33.6 Å². The average Bonchev–Trinajstić information content (AvgIpc) is 2.81. The van der Waals surface area contributed by atoms with Crippen molar-refractivity contribution in [2.75, 3.05) is 26.7 Å². The van der Waals surface area contributed by atoms with E-state index in [2.05, 4.69) is 38.0 Å². The van der Waals surface area contributed by atoms with Crippen LogP contribution in [0, 0.1) is 11.8 Å². The predicted octanol–water partition coefficient (Wildman–Crippen LogP) is 1.96. The van der Waals surface area contributed by atoms with Gasteiger partial charge in [-0.25, -0.2) is 0 Å². The lowest BCUT2D eigenvalue weighted by atomic mass is 10.1. The summed E-state index contributed by atoms with van der Waals surface area (Å²) in [5.74, 6) is 1.56. The normalized spacial score (nSPS) is 19.3. The van der Waals surface area contributed by atoms with Gasteiger partial charge in [0.25, 0.3) is 0 Å². The Bertz CT molecular complexity index is 152. The molecule has 14 heavy (non-hydrogen) atoms. The van der Waals surface area contributed by atoms with Crippen molar-refractivity contribution in [1.29, 1.82) is 0 Å². The number of nitrogens with one attached hydrogen (secondary N) is 1. The van der Waals surface area contributed by atoms with E-state index in [1.54, 1.807) is 0 Å². The minimum absolute atomic E-state index is 0.777. The van der Waals surface area contributed by atoms with Gasteiger partial charge in [-0.1, -0.05) is 20.8 Å². The van der Waals surface area contributed by atoms with Crippen molar-refractivity contribution in [1.82, 2.24) is 10.2 Å². The topological polar surface area (TPSA) is 15.3 Å². The summed E-state index contributed by atoms with van der Waals surface area (Å²) in [6.45, 7) is 10.5. The maximum absolute atomic E-state index is 3.59. The highest BCUT2D eigenvalue weighted by Gasteiger charge is 2.21. The highest BCUT2D eigenvalue weighted by molar-refractivity contribution is 4.81. The Morgan fingerprint density at radius 3 is 2.36 bits per heavy atom. The Kier molecular flexibility index (Phi) is 4.90. The smallest absolute Gasteiger partial charge is 0.00683 e. The van der Waals surface area contributed by atoms with Crippen LogP contribution in [0.4, 0.5) is 0 Å². The van der Waals surface area contributed by atoms with E-state index in [1.165, 1.54) is 32.5 Å². The molecule has 0 radical (unpaired) electrons. The Balaban J connectivity index is 2.02. The van der Waals surface area contributed by atoms with Gasteiger partial charge in [-0.15, -0.1) is 0 Å². The SMILES string of the molecule is CC(C)CN(C)CC(C)CNC1CC1. The first-order valence-electron chi connectivity index (χ1n) is 6.00. The molecule has 0 aliphatic heterocycles. The molecule has 0 spiro atoms. The summed E-state index contributed by atoms with van der Waals surface area (Å²) < 4.78 is 0. The van der Waals surface area contributed by atoms with Crippen molar-refractivity contribution >= 4 is 0 Å². The van der Waals surface area contributed by atoms with Gasteiger partial charge in [0.1, 0.15) is 0 Å². The molecule has 0 bridgehead atoms. The Labute approximate surface area is 89.1 Å². The van der Waals surface area contributed by atoms with Crippen LogP contribution in [-0.4, -0.2) is 37.6 Å². The number of nitrogens with zero attached hydrogens (tertiary/aromatic N) is 1. The molecule has 2 nitrogen and oxygen atoms in total. The standard InChI is InChI=1S/C12H26N2/c1-10(2)8-14(4)9-11(3)7-13-12-5-6-12/h10-13H,5-9H2,1-4H3. The summed E-state index contributed by atoms with van der Waals surface area (Å²) in [6, 6.07) is 0.854. The maximum atomic E-state index is 3.59. The highest BCUT2D eigenvalue weighted by atomic mass is 15.1. The number of hydrogen-bond donors (Lipinski definition) is 1. The molecule has 1 aliphatic rings. The maximum Gasteiger partial charge on any atom is 0.00683 e. The molecule has 1 N–H and O–H groups in total. The van der Waals surface area contributed by atoms with Gasteiger partial charge in [-0.3, -0.25) is 0 Å². The average molecular weight is 198 g/mol. The fourth-order valence-corrected chi connectivity index (χ4v) is 1.95. The van der Waals surface area contributed by atoms with Crippen LogP contribution in [0.15, 0.2) is 0 Å². The Morgan fingerprint density at radius 1 is 1.21 bits per heavy atom. The van der Waals surface area contributed by atoms with E-state index in [1.807, 2.05) is 0 Å². The molecular formula is C12H26N2. The molecule has 1 saturated carbocycles. The van der Waals surface area contributed by atoms with Crippen molar-refractivity contribution in [3.63, 3.8) is 0 Å². The summed E-state index contributed by atoms with van der Waals surface area (Å²) in [4.78, 5) is 2.45. The first-order chi connectivity index (χ1) is 6.58. The van der Waals surface area contributed by atoms with Gasteiger partial charge in [-0.2, -0.15) is 0 Å². The first-order valence-corrected chi connectivity index (χ1v) is 6.00. The Hall–Kier alpha value is -0.0800. The summed E-state index contributed by atoms with van der Waals surface area (Å²) >= 11 is 0. The minimum Gasteiger partial charge on any atom is -0.314 e. The largest absolute Gasteiger partial charge is 0.314 e. The summed E-state index contributed by atoms with van der Waals surface area (Å²) in [7, 11) is 2.23. The van der Waals surface area contributed by atoms with Gasteiger partial charge in [0.15, 0.2) is 0 Å². The van der Waals surface area contributed by atoms with Gasteiger partial charge in [0.2, 0.25) is 0 Å². The minimum atomic E-state index is 0.777. The van der Waals surface area contributed by atoms with Crippen LogP contribution in [0.2, 0.25) is 0 Å². The molecular weight excluding hydrogens is 172 g/mol. The molecule has 1 fully saturated rings. The quantitative estimate of drug-likeness (QED) is 0.673. The van der Waals surface area contributed by atoms with Gasteiger partial charge >= 0.3 is 0 Å². The second kappa shape index (κ2) is 5.72. The van der Waals surface area contributed by atoms with Crippen LogP contribution in [0.25, 0.3) is 0 Å². The van der Waals surface area contributed by atoms with Crippen LogP contribution in [0.5, 0.6) is 0 Å². The lowest BCUT2D eigenvalue weighted by molar-refractivity contribution is 0.254. The zero-order valence-corrected chi connectivity index (χ0v) is 10.2. The molecule has 0 aromatic rings. The number of rotatable bonds is 7. The van der Waals surface area contributed by atoms with Crippen LogP contribution < -0.4 is 5.32 Å². The second-order valence-corrected chi connectivity index (χ2v) is 5.40. The fourth-order valence-electron chi connectivity index (χ4n) is 1.95. The molecule has 1 rings (SSSR count). The molecule has 0 aromatic carbocycles. The third kappa shape index (κ3) is 5.61. The summed E-state index contributed by atoms with van der Waals surface area (Å²) in [5.41, 5.74) is 0. The number of hydrogen-bond acceptors (Lipinski definition) is 2. The van der Waals surface area contributed by atoms with Gasteiger partial charge in [0, 0.05) is 19.1 Å². The van der Waals surface area contributed by atoms with Crippen LogP contribution >= 0.6 is 0 Å².